The first-order chi connectivity index (χ1) is 17.2. The molecule has 8 nitrogen and oxygen atoms in total. The van der Waals surface area contributed by atoms with Crippen molar-refractivity contribution in [2.75, 3.05) is 18.8 Å². The first-order valence-electron chi connectivity index (χ1n) is 11.8. The van der Waals surface area contributed by atoms with E-state index in [4.69, 9.17) is 15.2 Å². The maximum atomic E-state index is 12.7. The Morgan fingerprint density at radius 1 is 1.06 bits per heavy atom. The molecule has 36 heavy (non-hydrogen) atoms. The van der Waals surface area contributed by atoms with E-state index >= 15 is 0 Å². The van der Waals surface area contributed by atoms with Crippen LogP contribution in [0.1, 0.15) is 33.2 Å². The zero-order valence-electron chi connectivity index (χ0n) is 20.4. The van der Waals surface area contributed by atoms with Gasteiger partial charge in [0.05, 0.1) is 16.0 Å². The van der Waals surface area contributed by atoms with Gasteiger partial charge in [-0.25, -0.2) is 14.8 Å². The summed E-state index contributed by atoms with van der Waals surface area (Å²) in [6.45, 7) is 6.74. The number of hydrogen-bond acceptors (Lipinski definition) is 6. The number of para-hydroxylation sites is 1. The first kappa shape index (κ1) is 24.1. The lowest BCUT2D eigenvalue weighted by atomic mass is 10.1. The van der Waals surface area contributed by atoms with Gasteiger partial charge in [-0.3, -0.25) is 0 Å². The van der Waals surface area contributed by atoms with Crippen LogP contribution in [0.25, 0.3) is 22.2 Å². The van der Waals surface area contributed by atoms with Gasteiger partial charge in [-0.1, -0.05) is 30.3 Å². The number of nitrogens with two attached hydrogens (primary N) is 1. The number of hydrogen-bond donors (Lipinski definition) is 1. The van der Waals surface area contributed by atoms with Crippen LogP contribution in [0.4, 0.5) is 10.6 Å². The number of fused-ring (bicyclic) bond motifs is 1. The smallest absolute Gasteiger partial charge is 0.410 e. The highest BCUT2D eigenvalue weighted by Crippen LogP contribution is 2.43. The van der Waals surface area contributed by atoms with Crippen LogP contribution in [-0.4, -0.2) is 44.2 Å². The van der Waals surface area contributed by atoms with Crippen LogP contribution >= 0.6 is 15.9 Å². The molecule has 2 aromatic heterocycles. The number of halogens is 1. The number of benzene rings is 2. The van der Waals surface area contributed by atoms with E-state index in [1.54, 1.807) is 4.90 Å². The van der Waals surface area contributed by atoms with Crippen molar-refractivity contribution in [3.8, 4) is 22.6 Å². The molecule has 0 unspecified atom stereocenters. The van der Waals surface area contributed by atoms with Gasteiger partial charge in [-0.05, 0) is 73.0 Å². The number of rotatable bonds is 4. The van der Waals surface area contributed by atoms with Crippen molar-refractivity contribution in [3.05, 3.63) is 65.5 Å². The van der Waals surface area contributed by atoms with Gasteiger partial charge in [0.1, 0.15) is 34.9 Å². The van der Waals surface area contributed by atoms with Crippen LogP contribution in [0.15, 0.2) is 65.5 Å². The lowest BCUT2D eigenvalue weighted by Gasteiger charge is -2.24. The van der Waals surface area contributed by atoms with Gasteiger partial charge in [0.2, 0.25) is 0 Å². The lowest BCUT2D eigenvalue weighted by Crippen LogP contribution is -2.35. The van der Waals surface area contributed by atoms with Crippen LogP contribution < -0.4 is 10.5 Å². The van der Waals surface area contributed by atoms with Gasteiger partial charge in [0, 0.05) is 18.7 Å². The summed E-state index contributed by atoms with van der Waals surface area (Å²) in [5.41, 5.74) is 8.40. The number of nitrogens with zero attached hydrogens (tertiary/aromatic N) is 4. The van der Waals surface area contributed by atoms with Crippen molar-refractivity contribution < 1.29 is 14.3 Å². The summed E-state index contributed by atoms with van der Waals surface area (Å²) in [7, 11) is 0. The number of aromatic nitrogens is 3. The zero-order valence-corrected chi connectivity index (χ0v) is 22.0. The maximum Gasteiger partial charge on any atom is 0.410 e. The molecule has 1 fully saturated rings. The number of carbonyl (C=O) groups excluding carboxylic acids is 1. The molecule has 4 aromatic rings. The van der Waals surface area contributed by atoms with E-state index in [9.17, 15) is 4.79 Å². The summed E-state index contributed by atoms with van der Waals surface area (Å²) >= 11 is 3.83. The second-order valence-electron chi connectivity index (χ2n) is 9.80. The fourth-order valence-corrected chi connectivity index (χ4v) is 5.37. The third-order valence-electron chi connectivity index (χ3n) is 6.05. The van der Waals surface area contributed by atoms with Crippen molar-refractivity contribution >= 4 is 38.9 Å². The Morgan fingerprint density at radius 2 is 1.75 bits per heavy atom. The summed E-state index contributed by atoms with van der Waals surface area (Å²) in [6, 6.07) is 17.5. The molecule has 1 aliphatic heterocycles. The molecule has 0 aliphatic carbocycles. The van der Waals surface area contributed by atoms with Crippen LogP contribution in [0.3, 0.4) is 0 Å². The van der Waals surface area contributed by atoms with Crippen LogP contribution in [0, 0.1) is 0 Å². The number of amides is 1. The number of anilines is 1. The molecule has 0 bridgehead atoms. The number of likely N-dealkylation sites (tertiary alicyclic amines) is 1. The van der Waals surface area contributed by atoms with Gasteiger partial charge < -0.3 is 24.7 Å². The summed E-state index contributed by atoms with van der Waals surface area (Å²) < 4.78 is 14.5. The molecule has 0 saturated carbocycles. The van der Waals surface area contributed by atoms with Gasteiger partial charge in [-0.15, -0.1) is 0 Å². The van der Waals surface area contributed by atoms with Crippen molar-refractivity contribution in [1.29, 1.82) is 0 Å². The molecule has 1 amide bonds. The molecule has 0 spiro atoms. The maximum absolute atomic E-state index is 12.7. The summed E-state index contributed by atoms with van der Waals surface area (Å²) in [5.74, 6) is 1.91. The molecule has 1 saturated heterocycles. The highest BCUT2D eigenvalue weighted by Gasteiger charge is 2.34. The lowest BCUT2D eigenvalue weighted by molar-refractivity contribution is 0.0289. The quantitative estimate of drug-likeness (QED) is 0.315. The number of ether oxygens (including phenoxy) is 2. The average molecular weight is 550 g/mol. The predicted octanol–water partition coefficient (Wildman–Crippen LogP) is 6.42. The highest BCUT2D eigenvalue weighted by atomic mass is 79.9. The molecule has 2 aromatic carbocycles. The molecule has 1 aliphatic rings. The molecular formula is C27H28BrN5O3. The zero-order chi connectivity index (χ0) is 25.4. The van der Waals surface area contributed by atoms with E-state index < -0.39 is 5.60 Å². The third kappa shape index (κ3) is 4.75. The summed E-state index contributed by atoms with van der Waals surface area (Å²) in [5, 5.41) is 0.775. The predicted molar refractivity (Wildman–Crippen MR) is 143 cm³/mol. The molecular weight excluding hydrogens is 522 g/mol. The van der Waals surface area contributed by atoms with Gasteiger partial charge in [0.15, 0.2) is 0 Å². The average Bonchev–Trinajstić information content (AvgIpc) is 3.42. The fraction of sp³-hybridized carbons (Fsp3) is 0.296. The van der Waals surface area contributed by atoms with E-state index in [2.05, 4.69) is 30.5 Å². The SMILES string of the molecule is CC(C)(C)OC(=O)N1CC[C@@H](n2c(Br)c(-c3ccc(Oc4ccccc4)cc3)c3c(N)ncnc32)C1. The normalized spacial score (nSPS) is 15.9. The molecule has 186 valence electrons. The summed E-state index contributed by atoms with van der Waals surface area (Å²) in [4.78, 5) is 23.2. The van der Waals surface area contributed by atoms with Crippen molar-refractivity contribution in [1.82, 2.24) is 19.4 Å². The molecule has 9 heteroatoms. The monoisotopic (exact) mass is 549 g/mol. The topological polar surface area (TPSA) is 95.5 Å². The Morgan fingerprint density at radius 3 is 2.44 bits per heavy atom. The summed E-state index contributed by atoms with van der Waals surface area (Å²) in [6.07, 6.45) is 1.94. The Balaban J connectivity index is 1.48. The van der Waals surface area contributed by atoms with E-state index in [0.717, 1.165) is 44.7 Å². The van der Waals surface area contributed by atoms with Crippen molar-refractivity contribution in [2.45, 2.75) is 38.8 Å². The second-order valence-corrected chi connectivity index (χ2v) is 10.6. The van der Waals surface area contributed by atoms with Crippen molar-refractivity contribution in [2.24, 2.45) is 0 Å². The molecule has 0 radical (unpaired) electrons. The van der Waals surface area contributed by atoms with E-state index in [-0.39, 0.29) is 12.1 Å². The largest absolute Gasteiger partial charge is 0.457 e. The van der Waals surface area contributed by atoms with Gasteiger partial charge in [0.25, 0.3) is 0 Å². The van der Waals surface area contributed by atoms with Gasteiger partial charge >= 0.3 is 6.09 Å². The fourth-order valence-electron chi connectivity index (χ4n) is 4.48. The first-order valence-corrected chi connectivity index (χ1v) is 12.6. The minimum Gasteiger partial charge on any atom is -0.457 e. The molecule has 3 heterocycles. The minimum atomic E-state index is -0.541. The van der Waals surface area contributed by atoms with Crippen LogP contribution in [0.2, 0.25) is 0 Å². The third-order valence-corrected chi connectivity index (χ3v) is 6.83. The van der Waals surface area contributed by atoms with Crippen molar-refractivity contribution in [3.63, 3.8) is 0 Å². The standard InChI is InChI=1S/C27H28BrN5O3/c1-27(2,3)36-26(34)32-14-13-18(15-32)33-23(28)21(22-24(29)30-16-31-25(22)33)17-9-11-20(12-10-17)35-19-7-5-4-6-8-19/h4-12,16,18H,13-15H2,1-3H3,(H2,29,30,31)/t18-/m1/s1. The molecule has 5 rings (SSSR count). The highest BCUT2D eigenvalue weighted by molar-refractivity contribution is 9.10. The molecule has 2 N–H and O–H groups in total. The Labute approximate surface area is 218 Å². The second kappa shape index (κ2) is 9.46. The minimum absolute atomic E-state index is 0.0122. The van der Waals surface area contributed by atoms with E-state index in [0.29, 0.717) is 18.9 Å². The Bertz CT molecular complexity index is 1400. The van der Waals surface area contributed by atoms with E-state index in [1.807, 2.05) is 75.4 Å². The number of nitrogen functional groups attached to an aromatic ring is 1. The molecule has 1 atom stereocenters. The van der Waals surface area contributed by atoms with E-state index in [1.165, 1.54) is 6.33 Å². The van der Waals surface area contributed by atoms with Crippen LogP contribution in [0.5, 0.6) is 11.5 Å². The Kier molecular flexibility index (Phi) is 6.34. The van der Waals surface area contributed by atoms with Gasteiger partial charge in [-0.2, -0.15) is 0 Å². The Hall–Kier alpha value is -3.59. The van der Waals surface area contributed by atoms with Crippen LogP contribution in [-0.2, 0) is 4.74 Å². The number of carbonyl (C=O) groups is 1.